The quantitative estimate of drug-likeness (QED) is 0.817. The maximum atomic E-state index is 11.8. The third-order valence-electron chi connectivity index (χ3n) is 6.24. The highest BCUT2D eigenvalue weighted by molar-refractivity contribution is 5.79. The lowest BCUT2D eigenvalue weighted by atomic mass is 9.84. The molecular formula is C21H32N6O3. The summed E-state index contributed by atoms with van der Waals surface area (Å²) < 4.78 is 8.47. The number of likely N-dealkylation sites (tertiary alicyclic amines) is 1. The van der Waals surface area contributed by atoms with E-state index in [1.54, 1.807) is 0 Å². The van der Waals surface area contributed by atoms with Crippen LogP contribution >= 0.6 is 0 Å². The van der Waals surface area contributed by atoms with Crippen molar-refractivity contribution in [3.05, 3.63) is 6.33 Å². The first-order chi connectivity index (χ1) is 14.2. The van der Waals surface area contributed by atoms with Gasteiger partial charge >= 0.3 is 6.09 Å². The van der Waals surface area contributed by atoms with Gasteiger partial charge in [0.15, 0.2) is 11.2 Å². The van der Waals surface area contributed by atoms with Gasteiger partial charge in [0.05, 0.1) is 6.04 Å². The van der Waals surface area contributed by atoms with Crippen LogP contribution in [0.3, 0.4) is 0 Å². The van der Waals surface area contributed by atoms with E-state index >= 15 is 0 Å². The number of nitrogens with zero attached hydrogens (tertiary/aromatic N) is 6. The lowest BCUT2D eigenvalue weighted by molar-refractivity contribution is 0.0558. The molecule has 2 aliphatic rings. The van der Waals surface area contributed by atoms with Crippen LogP contribution in [-0.2, 0) is 6.54 Å². The van der Waals surface area contributed by atoms with Crippen molar-refractivity contribution in [2.45, 2.75) is 66.2 Å². The van der Waals surface area contributed by atoms with Gasteiger partial charge in [-0.15, -0.1) is 0 Å². The minimum Gasteiger partial charge on any atom is -0.470 e. The Morgan fingerprint density at radius 3 is 2.63 bits per heavy atom. The van der Waals surface area contributed by atoms with Crippen molar-refractivity contribution in [1.29, 1.82) is 0 Å². The molecule has 9 nitrogen and oxygen atoms in total. The van der Waals surface area contributed by atoms with E-state index in [9.17, 15) is 9.90 Å². The smallest absolute Gasteiger partial charge is 0.407 e. The summed E-state index contributed by atoms with van der Waals surface area (Å²) >= 11 is 0. The highest BCUT2D eigenvalue weighted by atomic mass is 16.5. The van der Waals surface area contributed by atoms with Crippen LogP contribution in [0.1, 0.15) is 47.5 Å². The lowest BCUT2D eigenvalue weighted by Gasteiger charge is -2.36. The molecule has 1 amide bonds. The molecule has 2 saturated heterocycles. The molecule has 3 unspecified atom stereocenters. The van der Waals surface area contributed by atoms with Gasteiger partial charge in [0, 0.05) is 32.6 Å². The third-order valence-corrected chi connectivity index (χ3v) is 6.24. The van der Waals surface area contributed by atoms with Gasteiger partial charge in [-0.2, -0.15) is 4.98 Å². The maximum absolute atomic E-state index is 11.8. The number of carboxylic acid groups (broad SMARTS) is 1. The first-order valence-electron chi connectivity index (χ1n) is 10.8. The zero-order valence-electron chi connectivity index (χ0n) is 18.5. The Kier molecular flexibility index (Phi) is 5.23. The van der Waals surface area contributed by atoms with Gasteiger partial charge in [0.1, 0.15) is 12.4 Å². The molecule has 2 aromatic rings. The fourth-order valence-corrected chi connectivity index (χ4v) is 4.91. The van der Waals surface area contributed by atoms with Crippen molar-refractivity contribution < 1.29 is 14.6 Å². The van der Waals surface area contributed by atoms with Crippen molar-refractivity contribution in [2.24, 2.45) is 11.3 Å². The Bertz CT molecular complexity index is 937. The number of rotatable bonds is 4. The molecule has 0 aromatic carbocycles. The standard InChI is InChI=1S/C21H32N6O3/c1-6-26-17-15(24-19(26)25-9-7-13(2)11-25)18(23-12-22-17)30-14-8-10-27(20(28)29)16(14)21(3,4)5/h12-14,16H,6-11H2,1-5H3,(H,28,29). The molecule has 2 aromatic heterocycles. The second-order valence-electron chi connectivity index (χ2n) is 9.58. The van der Waals surface area contributed by atoms with E-state index in [2.05, 4.69) is 33.3 Å². The van der Waals surface area contributed by atoms with Crippen LogP contribution < -0.4 is 9.64 Å². The Morgan fingerprint density at radius 1 is 1.27 bits per heavy atom. The molecule has 4 rings (SSSR count). The van der Waals surface area contributed by atoms with Gasteiger partial charge in [-0.25, -0.2) is 14.8 Å². The molecule has 0 aliphatic carbocycles. The van der Waals surface area contributed by atoms with E-state index in [-0.39, 0.29) is 17.6 Å². The van der Waals surface area contributed by atoms with Crippen molar-refractivity contribution in [2.75, 3.05) is 24.5 Å². The molecule has 0 radical (unpaired) electrons. The second kappa shape index (κ2) is 7.59. The summed E-state index contributed by atoms with van der Waals surface area (Å²) in [4.78, 5) is 29.3. The number of carbonyl (C=O) groups is 1. The Hall–Kier alpha value is -2.58. The predicted molar refractivity (Wildman–Crippen MR) is 114 cm³/mol. The van der Waals surface area contributed by atoms with Gasteiger partial charge in [-0.1, -0.05) is 27.7 Å². The number of ether oxygens (including phenoxy) is 1. The zero-order valence-corrected chi connectivity index (χ0v) is 18.5. The number of amides is 1. The molecule has 164 valence electrons. The van der Waals surface area contributed by atoms with Gasteiger partial charge in [0.25, 0.3) is 0 Å². The Labute approximate surface area is 177 Å². The fraction of sp³-hybridized carbons (Fsp3) is 0.714. The molecule has 2 aliphatic heterocycles. The van der Waals surface area contributed by atoms with Crippen molar-refractivity contribution in [3.63, 3.8) is 0 Å². The van der Waals surface area contributed by atoms with E-state index in [4.69, 9.17) is 9.72 Å². The van der Waals surface area contributed by atoms with Crippen LogP contribution in [0.4, 0.5) is 10.7 Å². The molecule has 1 N–H and O–H groups in total. The molecule has 0 spiro atoms. The minimum atomic E-state index is -0.908. The summed E-state index contributed by atoms with van der Waals surface area (Å²) in [5, 5.41) is 9.64. The average Bonchev–Trinajstić information content (AvgIpc) is 3.37. The summed E-state index contributed by atoms with van der Waals surface area (Å²) in [6, 6.07) is -0.257. The van der Waals surface area contributed by atoms with E-state index in [1.807, 2.05) is 20.8 Å². The predicted octanol–water partition coefficient (Wildman–Crippen LogP) is 3.24. The summed E-state index contributed by atoms with van der Waals surface area (Å²) in [6.45, 7) is 13.7. The van der Waals surface area contributed by atoms with Gasteiger partial charge in [-0.3, -0.25) is 4.57 Å². The number of hydrogen-bond donors (Lipinski definition) is 1. The van der Waals surface area contributed by atoms with Crippen molar-refractivity contribution >= 4 is 23.2 Å². The zero-order chi connectivity index (χ0) is 21.6. The SMILES string of the molecule is CCn1c(N2CCC(C)C2)nc2c(OC3CCN(C(=O)O)C3C(C)(C)C)ncnc21. The molecular weight excluding hydrogens is 384 g/mol. The normalized spacial score (nSPS) is 24.8. The highest BCUT2D eigenvalue weighted by Gasteiger charge is 2.46. The van der Waals surface area contributed by atoms with Crippen LogP contribution in [0, 0.1) is 11.3 Å². The summed E-state index contributed by atoms with van der Waals surface area (Å²) in [6.07, 6.45) is 2.11. The number of imidazole rings is 1. The minimum absolute atomic E-state index is 0.257. The molecule has 2 fully saturated rings. The van der Waals surface area contributed by atoms with Crippen LogP contribution in [-0.4, -0.2) is 67.4 Å². The number of aromatic nitrogens is 4. The van der Waals surface area contributed by atoms with Crippen LogP contribution in [0.25, 0.3) is 11.2 Å². The summed E-state index contributed by atoms with van der Waals surface area (Å²) in [5.41, 5.74) is 1.15. The third kappa shape index (κ3) is 3.54. The lowest BCUT2D eigenvalue weighted by Crippen LogP contribution is -2.48. The number of aryl methyl sites for hydroxylation is 1. The monoisotopic (exact) mass is 416 g/mol. The fourth-order valence-electron chi connectivity index (χ4n) is 4.91. The summed E-state index contributed by atoms with van der Waals surface area (Å²) in [7, 11) is 0. The largest absolute Gasteiger partial charge is 0.470 e. The molecule has 4 heterocycles. The van der Waals surface area contributed by atoms with Crippen molar-refractivity contribution in [3.8, 4) is 5.88 Å². The Balaban J connectivity index is 1.69. The van der Waals surface area contributed by atoms with E-state index in [0.29, 0.717) is 30.3 Å². The van der Waals surface area contributed by atoms with E-state index in [1.165, 1.54) is 11.2 Å². The van der Waals surface area contributed by atoms with Crippen LogP contribution in [0.5, 0.6) is 5.88 Å². The summed E-state index contributed by atoms with van der Waals surface area (Å²) in [5.74, 6) is 1.99. The van der Waals surface area contributed by atoms with Crippen LogP contribution in [0.2, 0.25) is 0 Å². The first kappa shape index (κ1) is 20.7. The van der Waals surface area contributed by atoms with Gasteiger partial charge in [-0.05, 0) is 24.7 Å². The topological polar surface area (TPSA) is 96.6 Å². The van der Waals surface area contributed by atoms with Crippen molar-refractivity contribution in [1.82, 2.24) is 24.4 Å². The number of hydrogen-bond acceptors (Lipinski definition) is 6. The Morgan fingerprint density at radius 2 is 2.03 bits per heavy atom. The number of fused-ring (bicyclic) bond motifs is 1. The number of anilines is 1. The van der Waals surface area contributed by atoms with Crippen LogP contribution in [0.15, 0.2) is 6.33 Å². The van der Waals surface area contributed by atoms with Gasteiger partial charge in [0.2, 0.25) is 11.8 Å². The molecule has 3 atom stereocenters. The first-order valence-corrected chi connectivity index (χ1v) is 10.8. The average molecular weight is 417 g/mol. The highest BCUT2D eigenvalue weighted by Crippen LogP contribution is 2.37. The van der Waals surface area contributed by atoms with E-state index in [0.717, 1.165) is 37.7 Å². The molecule has 9 heteroatoms. The molecule has 30 heavy (non-hydrogen) atoms. The molecule has 0 saturated carbocycles. The van der Waals surface area contributed by atoms with E-state index < -0.39 is 6.09 Å². The molecule has 0 bridgehead atoms. The van der Waals surface area contributed by atoms with Gasteiger partial charge < -0.3 is 19.6 Å². The second-order valence-corrected chi connectivity index (χ2v) is 9.58. The maximum Gasteiger partial charge on any atom is 0.407 e.